The molecule has 1 atom stereocenters. The van der Waals surface area contributed by atoms with Gasteiger partial charge in [-0.15, -0.1) is 0 Å². The Morgan fingerprint density at radius 3 is 2.96 bits per heavy atom. The predicted octanol–water partition coefficient (Wildman–Crippen LogP) is 0.727. The highest BCUT2D eigenvalue weighted by molar-refractivity contribution is 5.76. The van der Waals surface area contributed by atoms with Gasteiger partial charge in [-0.3, -0.25) is 9.89 Å². The third-order valence-electron chi connectivity index (χ3n) is 3.67. The average molecular weight is 320 g/mol. The van der Waals surface area contributed by atoms with Crippen LogP contribution in [0.1, 0.15) is 42.3 Å². The molecule has 124 valence electrons. The van der Waals surface area contributed by atoms with E-state index in [9.17, 15) is 4.79 Å². The molecule has 0 aromatic carbocycles. The Balaban J connectivity index is 1.48. The molecule has 1 aliphatic heterocycles. The van der Waals surface area contributed by atoms with Gasteiger partial charge in [0.2, 0.25) is 11.8 Å². The smallest absolute Gasteiger partial charge is 0.226 e. The fraction of sp³-hybridized carbons (Fsp3) is 0.643. The van der Waals surface area contributed by atoms with E-state index in [-0.39, 0.29) is 12.0 Å². The van der Waals surface area contributed by atoms with Crippen molar-refractivity contribution in [1.29, 1.82) is 0 Å². The molecule has 1 aliphatic rings. The molecular weight excluding hydrogens is 300 g/mol. The molecule has 1 fully saturated rings. The summed E-state index contributed by atoms with van der Waals surface area (Å²) in [5.74, 6) is 2.63. The summed E-state index contributed by atoms with van der Waals surface area (Å²) in [6.07, 6.45) is 1.47. The summed E-state index contributed by atoms with van der Waals surface area (Å²) in [7, 11) is 0. The SMILES string of the molecule is Cc1noc(CCCC(=O)N2CCOC(c3n[nH]c(C)n3)C2)n1. The van der Waals surface area contributed by atoms with Gasteiger partial charge in [0.15, 0.2) is 11.6 Å². The Labute approximate surface area is 133 Å². The number of aromatic amines is 1. The van der Waals surface area contributed by atoms with Crippen molar-refractivity contribution in [2.75, 3.05) is 19.7 Å². The van der Waals surface area contributed by atoms with Crippen molar-refractivity contribution >= 4 is 5.91 Å². The topological polar surface area (TPSA) is 110 Å². The molecule has 2 aromatic heterocycles. The van der Waals surface area contributed by atoms with Gasteiger partial charge in [-0.2, -0.15) is 10.1 Å². The number of aryl methyl sites for hydroxylation is 3. The third kappa shape index (κ3) is 3.92. The fourth-order valence-corrected chi connectivity index (χ4v) is 2.53. The van der Waals surface area contributed by atoms with Crippen molar-refractivity contribution < 1.29 is 14.1 Å². The molecule has 0 spiro atoms. The first-order valence-electron chi connectivity index (χ1n) is 7.69. The van der Waals surface area contributed by atoms with Crippen LogP contribution in [0, 0.1) is 13.8 Å². The van der Waals surface area contributed by atoms with E-state index in [0.29, 0.717) is 56.5 Å². The Morgan fingerprint density at radius 1 is 1.39 bits per heavy atom. The number of carbonyl (C=O) groups is 1. The van der Waals surface area contributed by atoms with E-state index in [4.69, 9.17) is 9.26 Å². The van der Waals surface area contributed by atoms with Gasteiger partial charge in [0.1, 0.15) is 11.9 Å². The summed E-state index contributed by atoms with van der Waals surface area (Å²) in [6.45, 7) is 5.18. The number of morpholine rings is 1. The molecule has 3 rings (SSSR count). The Kier molecular flexibility index (Phi) is 4.65. The number of hydrogen-bond donors (Lipinski definition) is 1. The number of hydrogen-bond acceptors (Lipinski definition) is 7. The highest BCUT2D eigenvalue weighted by Crippen LogP contribution is 2.20. The molecule has 2 aromatic rings. The van der Waals surface area contributed by atoms with Crippen molar-refractivity contribution in [1.82, 2.24) is 30.2 Å². The predicted molar refractivity (Wildman–Crippen MR) is 78.4 cm³/mol. The van der Waals surface area contributed by atoms with E-state index in [1.54, 1.807) is 11.8 Å². The molecule has 0 aliphatic carbocycles. The largest absolute Gasteiger partial charge is 0.366 e. The number of H-pyrrole nitrogens is 1. The van der Waals surface area contributed by atoms with Gasteiger partial charge in [0.05, 0.1) is 13.2 Å². The van der Waals surface area contributed by atoms with Crippen molar-refractivity contribution in [3.8, 4) is 0 Å². The first-order chi connectivity index (χ1) is 11.1. The van der Waals surface area contributed by atoms with E-state index >= 15 is 0 Å². The van der Waals surface area contributed by atoms with Gasteiger partial charge >= 0.3 is 0 Å². The standard InChI is InChI=1S/C14H20N6O3/c1-9-16-14(18-17-9)11-8-20(6-7-22-11)13(21)5-3-4-12-15-10(2)19-23-12/h11H,3-8H2,1-2H3,(H,16,17,18). The lowest BCUT2D eigenvalue weighted by Crippen LogP contribution is -2.42. The first-order valence-corrected chi connectivity index (χ1v) is 7.69. The number of rotatable bonds is 5. The van der Waals surface area contributed by atoms with Crippen molar-refractivity contribution in [3.05, 3.63) is 23.4 Å². The van der Waals surface area contributed by atoms with Crippen LogP contribution < -0.4 is 0 Å². The number of ether oxygens (including phenoxy) is 1. The van der Waals surface area contributed by atoms with Crippen LogP contribution in [0.3, 0.4) is 0 Å². The number of amides is 1. The monoisotopic (exact) mass is 320 g/mol. The zero-order chi connectivity index (χ0) is 16.2. The summed E-state index contributed by atoms with van der Waals surface area (Å²) in [5.41, 5.74) is 0. The lowest BCUT2D eigenvalue weighted by Gasteiger charge is -2.31. The van der Waals surface area contributed by atoms with Crippen molar-refractivity contribution in [2.24, 2.45) is 0 Å². The molecule has 3 heterocycles. The first kappa shape index (κ1) is 15.6. The molecule has 0 saturated carbocycles. The van der Waals surface area contributed by atoms with E-state index in [1.165, 1.54) is 0 Å². The highest BCUT2D eigenvalue weighted by Gasteiger charge is 2.27. The minimum atomic E-state index is -0.267. The second kappa shape index (κ2) is 6.86. The second-order valence-corrected chi connectivity index (χ2v) is 5.57. The summed E-state index contributed by atoms with van der Waals surface area (Å²) >= 11 is 0. The molecule has 1 saturated heterocycles. The van der Waals surface area contributed by atoms with Gasteiger partial charge in [-0.1, -0.05) is 5.16 Å². The maximum absolute atomic E-state index is 12.3. The van der Waals surface area contributed by atoms with Crippen molar-refractivity contribution in [2.45, 2.75) is 39.2 Å². The molecule has 0 bridgehead atoms. The fourth-order valence-electron chi connectivity index (χ4n) is 2.53. The van der Waals surface area contributed by atoms with Crippen LogP contribution >= 0.6 is 0 Å². The molecule has 1 unspecified atom stereocenters. The molecular formula is C14H20N6O3. The number of nitrogens with one attached hydrogen (secondary N) is 1. The number of aromatic nitrogens is 5. The zero-order valence-corrected chi connectivity index (χ0v) is 13.3. The summed E-state index contributed by atoms with van der Waals surface area (Å²) in [6, 6.07) is 0. The van der Waals surface area contributed by atoms with E-state index in [0.717, 1.165) is 5.82 Å². The average Bonchev–Trinajstić information content (AvgIpc) is 3.16. The Bertz CT molecular complexity index is 667. The van der Waals surface area contributed by atoms with Crippen LogP contribution in [0.4, 0.5) is 0 Å². The van der Waals surface area contributed by atoms with Gasteiger partial charge < -0.3 is 14.2 Å². The maximum atomic E-state index is 12.3. The third-order valence-corrected chi connectivity index (χ3v) is 3.67. The molecule has 0 radical (unpaired) electrons. The lowest BCUT2D eigenvalue weighted by atomic mass is 10.2. The van der Waals surface area contributed by atoms with Crippen LogP contribution in [-0.2, 0) is 16.0 Å². The maximum Gasteiger partial charge on any atom is 0.226 e. The van der Waals surface area contributed by atoms with Gasteiger partial charge in [0, 0.05) is 19.4 Å². The number of carbonyl (C=O) groups excluding carboxylic acids is 1. The molecule has 9 heteroatoms. The highest BCUT2D eigenvalue weighted by atomic mass is 16.5. The van der Waals surface area contributed by atoms with Gasteiger partial charge in [0.25, 0.3) is 0 Å². The normalized spacial score (nSPS) is 18.3. The summed E-state index contributed by atoms with van der Waals surface area (Å²) < 4.78 is 10.7. The van der Waals surface area contributed by atoms with E-state index in [2.05, 4.69) is 25.3 Å². The molecule has 1 amide bonds. The minimum absolute atomic E-state index is 0.0989. The molecule has 9 nitrogen and oxygen atoms in total. The van der Waals surface area contributed by atoms with Crippen LogP contribution in [0.5, 0.6) is 0 Å². The Morgan fingerprint density at radius 2 is 2.26 bits per heavy atom. The zero-order valence-electron chi connectivity index (χ0n) is 13.3. The molecule has 23 heavy (non-hydrogen) atoms. The second-order valence-electron chi connectivity index (χ2n) is 5.57. The minimum Gasteiger partial charge on any atom is -0.366 e. The Hall–Kier alpha value is -2.29. The van der Waals surface area contributed by atoms with Gasteiger partial charge in [-0.25, -0.2) is 4.98 Å². The summed E-state index contributed by atoms with van der Waals surface area (Å²) in [5, 5.41) is 10.6. The quantitative estimate of drug-likeness (QED) is 0.864. The molecule has 1 N–H and O–H groups in total. The van der Waals surface area contributed by atoms with Gasteiger partial charge in [-0.05, 0) is 20.3 Å². The van der Waals surface area contributed by atoms with Crippen molar-refractivity contribution in [3.63, 3.8) is 0 Å². The van der Waals surface area contributed by atoms with E-state index < -0.39 is 0 Å². The van der Waals surface area contributed by atoms with Crippen LogP contribution in [0.15, 0.2) is 4.52 Å². The lowest BCUT2D eigenvalue weighted by molar-refractivity contribution is -0.139. The summed E-state index contributed by atoms with van der Waals surface area (Å²) in [4.78, 5) is 22.5. The van der Waals surface area contributed by atoms with Crippen LogP contribution in [0.25, 0.3) is 0 Å². The van der Waals surface area contributed by atoms with Crippen LogP contribution in [0.2, 0.25) is 0 Å². The van der Waals surface area contributed by atoms with E-state index in [1.807, 2.05) is 6.92 Å². The number of nitrogens with zero attached hydrogens (tertiary/aromatic N) is 5. The van der Waals surface area contributed by atoms with Crippen LogP contribution in [-0.4, -0.2) is 55.8 Å².